The van der Waals surface area contributed by atoms with Crippen LogP contribution < -0.4 is 10.1 Å². The van der Waals surface area contributed by atoms with E-state index >= 15 is 0 Å². The van der Waals surface area contributed by atoms with E-state index in [1.54, 1.807) is 22.3 Å². The highest BCUT2D eigenvalue weighted by atomic mass is 32.1. The van der Waals surface area contributed by atoms with Gasteiger partial charge in [-0.1, -0.05) is 6.07 Å². The number of carbonyl (C=O) groups excluding carboxylic acids is 2. The largest absolute Gasteiger partial charge is 0.495 e. The van der Waals surface area contributed by atoms with Crippen molar-refractivity contribution in [3.63, 3.8) is 0 Å². The summed E-state index contributed by atoms with van der Waals surface area (Å²) in [5, 5.41) is 5.64. The van der Waals surface area contributed by atoms with Crippen molar-refractivity contribution in [1.29, 1.82) is 0 Å². The maximum atomic E-state index is 12.9. The molecule has 1 atom stereocenters. The van der Waals surface area contributed by atoms with Gasteiger partial charge in [0.05, 0.1) is 12.8 Å². The van der Waals surface area contributed by atoms with Crippen molar-refractivity contribution < 1.29 is 19.1 Å². The zero-order valence-corrected chi connectivity index (χ0v) is 18.0. The predicted molar refractivity (Wildman–Crippen MR) is 115 cm³/mol. The second-order valence-corrected chi connectivity index (χ2v) is 8.34. The van der Waals surface area contributed by atoms with Crippen molar-refractivity contribution in [3.8, 4) is 5.75 Å². The lowest BCUT2D eigenvalue weighted by molar-refractivity contribution is -0.142. The first-order chi connectivity index (χ1) is 14.5. The number of hydrogen-bond donors (Lipinski definition) is 1. The number of anilines is 2. The fourth-order valence-corrected chi connectivity index (χ4v) is 4.43. The van der Waals surface area contributed by atoms with Crippen LogP contribution in [0.4, 0.5) is 10.8 Å². The predicted octanol–water partition coefficient (Wildman–Crippen LogP) is 2.67. The maximum absolute atomic E-state index is 12.9. The van der Waals surface area contributed by atoms with Gasteiger partial charge in [0.1, 0.15) is 17.5 Å². The van der Waals surface area contributed by atoms with Crippen LogP contribution >= 0.6 is 11.3 Å². The molecule has 2 aromatic rings. The molecule has 2 aliphatic heterocycles. The smallest absolute Gasteiger partial charge is 0.273 e. The average Bonchev–Trinajstić information content (AvgIpc) is 3.45. The van der Waals surface area contributed by atoms with E-state index in [-0.39, 0.29) is 17.9 Å². The minimum Gasteiger partial charge on any atom is -0.495 e. The first-order valence-electron chi connectivity index (χ1n) is 10.1. The minimum atomic E-state index is -0.307. The van der Waals surface area contributed by atoms with Crippen LogP contribution in [0.5, 0.6) is 5.75 Å². The zero-order valence-electron chi connectivity index (χ0n) is 17.2. The van der Waals surface area contributed by atoms with E-state index in [9.17, 15) is 9.59 Å². The number of benzene rings is 1. The highest BCUT2D eigenvalue weighted by Crippen LogP contribution is 2.30. The van der Waals surface area contributed by atoms with Gasteiger partial charge in [0.25, 0.3) is 11.8 Å². The molecule has 0 saturated carbocycles. The normalized spacial score (nSPS) is 19.1. The summed E-state index contributed by atoms with van der Waals surface area (Å²) in [6.45, 7) is 4.72. The van der Waals surface area contributed by atoms with Gasteiger partial charge < -0.3 is 24.6 Å². The van der Waals surface area contributed by atoms with E-state index in [2.05, 4.69) is 10.3 Å². The fraction of sp³-hybridized carbons (Fsp3) is 0.476. The van der Waals surface area contributed by atoms with Crippen molar-refractivity contribution in [2.24, 2.45) is 0 Å². The molecular weight excluding hydrogens is 404 g/mol. The van der Waals surface area contributed by atoms with Crippen LogP contribution in [-0.2, 0) is 9.53 Å². The quantitative estimate of drug-likeness (QED) is 0.785. The number of amides is 2. The standard InChI is InChI=1S/C21H26N4O4S/c1-14-5-6-17(28-2)15(12-14)22-21-23-16(13-30-21)19(26)24-7-9-25(10-8-24)20(27)18-4-3-11-29-18/h5-6,12-13,18H,3-4,7-11H2,1-2H3,(H,22,23). The topological polar surface area (TPSA) is 84.0 Å². The van der Waals surface area contributed by atoms with Crippen LogP contribution in [0.15, 0.2) is 23.6 Å². The molecule has 1 unspecified atom stereocenters. The Morgan fingerprint density at radius 3 is 2.70 bits per heavy atom. The van der Waals surface area contributed by atoms with Gasteiger partial charge >= 0.3 is 0 Å². The van der Waals surface area contributed by atoms with E-state index < -0.39 is 0 Å². The molecule has 9 heteroatoms. The molecule has 160 valence electrons. The van der Waals surface area contributed by atoms with Crippen LogP contribution in [0.1, 0.15) is 28.9 Å². The number of nitrogens with zero attached hydrogens (tertiary/aromatic N) is 3. The van der Waals surface area contributed by atoms with Gasteiger partial charge in [0.2, 0.25) is 0 Å². The zero-order chi connectivity index (χ0) is 21.1. The summed E-state index contributed by atoms with van der Waals surface area (Å²) in [7, 11) is 1.62. The van der Waals surface area contributed by atoms with E-state index in [0.717, 1.165) is 29.8 Å². The van der Waals surface area contributed by atoms with E-state index in [4.69, 9.17) is 9.47 Å². The van der Waals surface area contributed by atoms with E-state index in [1.807, 2.05) is 25.1 Å². The number of aryl methyl sites for hydroxylation is 1. The van der Waals surface area contributed by atoms with Crippen molar-refractivity contribution in [2.45, 2.75) is 25.9 Å². The molecule has 0 spiro atoms. The molecule has 3 heterocycles. The number of ether oxygens (including phenoxy) is 2. The molecule has 4 rings (SSSR count). The van der Waals surface area contributed by atoms with Crippen molar-refractivity contribution >= 4 is 34.0 Å². The number of hydrogen-bond acceptors (Lipinski definition) is 7. The third-order valence-corrected chi connectivity index (χ3v) is 6.16. The number of methoxy groups -OCH3 is 1. The molecular formula is C21H26N4O4S. The first kappa shape index (κ1) is 20.6. The summed E-state index contributed by atoms with van der Waals surface area (Å²) < 4.78 is 10.9. The van der Waals surface area contributed by atoms with Crippen molar-refractivity contribution in [2.75, 3.05) is 45.2 Å². The number of rotatable bonds is 5. The van der Waals surface area contributed by atoms with Gasteiger partial charge in [-0.15, -0.1) is 11.3 Å². The highest BCUT2D eigenvalue weighted by molar-refractivity contribution is 7.14. The van der Waals surface area contributed by atoms with Crippen molar-refractivity contribution in [3.05, 3.63) is 34.8 Å². The molecule has 2 fully saturated rings. The van der Waals surface area contributed by atoms with Crippen LogP contribution in [0.25, 0.3) is 0 Å². The highest BCUT2D eigenvalue weighted by Gasteiger charge is 2.32. The molecule has 1 N–H and O–H groups in total. The molecule has 30 heavy (non-hydrogen) atoms. The summed E-state index contributed by atoms with van der Waals surface area (Å²) in [5.41, 5.74) is 2.32. The number of piperazine rings is 1. The summed E-state index contributed by atoms with van der Waals surface area (Å²) >= 11 is 1.38. The molecule has 1 aromatic heterocycles. The molecule has 2 amide bonds. The lowest BCUT2D eigenvalue weighted by Gasteiger charge is -2.35. The SMILES string of the molecule is COc1ccc(C)cc1Nc1nc(C(=O)N2CCN(C(=O)C3CCCO3)CC2)cs1. The third-order valence-electron chi connectivity index (χ3n) is 5.40. The maximum Gasteiger partial charge on any atom is 0.273 e. The van der Waals surface area contributed by atoms with Crippen LogP contribution in [0.3, 0.4) is 0 Å². The Morgan fingerprint density at radius 1 is 1.23 bits per heavy atom. The average molecular weight is 431 g/mol. The summed E-state index contributed by atoms with van der Waals surface area (Å²) in [6.07, 6.45) is 1.42. The molecule has 0 bridgehead atoms. The van der Waals surface area contributed by atoms with Crippen LogP contribution in [0.2, 0.25) is 0 Å². The number of aromatic nitrogens is 1. The van der Waals surface area contributed by atoms with Crippen LogP contribution in [-0.4, -0.2) is 72.6 Å². The minimum absolute atomic E-state index is 0.0480. The molecule has 8 nitrogen and oxygen atoms in total. The van der Waals surface area contributed by atoms with Crippen LogP contribution in [0, 0.1) is 6.92 Å². The van der Waals surface area contributed by atoms with Gasteiger partial charge in [0, 0.05) is 38.2 Å². The Labute approximate surface area is 179 Å². The Bertz CT molecular complexity index is 917. The molecule has 0 aliphatic carbocycles. The summed E-state index contributed by atoms with van der Waals surface area (Å²) in [5.74, 6) is 0.655. The lowest BCUT2D eigenvalue weighted by Crippen LogP contribution is -2.52. The molecule has 1 aromatic carbocycles. The Morgan fingerprint density at radius 2 is 2.00 bits per heavy atom. The monoisotopic (exact) mass is 430 g/mol. The lowest BCUT2D eigenvalue weighted by atomic mass is 10.2. The summed E-state index contributed by atoms with van der Waals surface area (Å²) in [4.78, 5) is 33.4. The van der Waals surface area contributed by atoms with E-state index in [0.29, 0.717) is 43.6 Å². The van der Waals surface area contributed by atoms with Gasteiger partial charge in [0.15, 0.2) is 5.13 Å². The molecule has 0 radical (unpaired) electrons. The molecule has 2 aliphatic rings. The number of nitrogens with one attached hydrogen (secondary N) is 1. The Balaban J connectivity index is 1.35. The molecule has 2 saturated heterocycles. The Hall–Kier alpha value is -2.65. The first-order valence-corrected chi connectivity index (χ1v) is 11.0. The third kappa shape index (κ3) is 4.41. The Kier molecular flexibility index (Phi) is 6.19. The van der Waals surface area contributed by atoms with E-state index in [1.165, 1.54) is 11.3 Å². The second kappa shape index (κ2) is 9.01. The van der Waals surface area contributed by atoms with Gasteiger partial charge in [-0.2, -0.15) is 0 Å². The van der Waals surface area contributed by atoms with Gasteiger partial charge in [-0.05, 0) is 37.5 Å². The second-order valence-electron chi connectivity index (χ2n) is 7.49. The van der Waals surface area contributed by atoms with Gasteiger partial charge in [-0.25, -0.2) is 4.98 Å². The fourth-order valence-electron chi connectivity index (χ4n) is 3.73. The van der Waals surface area contributed by atoms with Crippen molar-refractivity contribution in [1.82, 2.24) is 14.8 Å². The number of carbonyl (C=O) groups is 2. The summed E-state index contributed by atoms with van der Waals surface area (Å²) in [6, 6.07) is 5.85. The van der Waals surface area contributed by atoms with Gasteiger partial charge in [-0.3, -0.25) is 9.59 Å². The number of thiazole rings is 1.